The highest BCUT2D eigenvalue weighted by Crippen LogP contribution is 2.24. The van der Waals surface area contributed by atoms with Gasteiger partial charge in [-0.25, -0.2) is 9.37 Å². The Labute approximate surface area is 154 Å². The zero-order chi connectivity index (χ0) is 18.5. The second-order valence-corrected chi connectivity index (χ2v) is 6.52. The van der Waals surface area contributed by atoms with Crippen molar-refractivity contribution in [3.63, 3.8) is 0 Å². The third-order valence-corrected chi connectivity index (χ3v) is 5.02. The van der Waals surface area contributed by atoms with Crippen LogP contribution in [0.2, 0.25) is 0 Å². The van der Waals surface area contributed by atoms with Crippen molar-refractivity contribution in [2.24, 2.45) is 5.73 Å². The summed E-state index contributed by atoms with van der Waals surface area (Å²) in [5.74, 6) is 0.475. The lowest BCUT2D eigenvalue weighted by Gasteiger charge is -2.15. The quantitative estimate of drug-likeness (QED) is 0.583. The molecule has 1 heterocycles. The summed E-state index contributed by atoms with van der Waals surface area (Å²) in [5, 5.41) is 0. The molecule has 0 saturated carbocycles. The fourth-order valence-electron chi connectivity index (χ4n) is 3.29. The number of nitrogens with one attached hydrogen (secondary N) is 1. The third kappa shape index (κ3) is 3.78. The highest BCUT2D eigenvalue weighted by atomic mass is 16.5. The van der Waals surface area contributed by atoms with E-state index in [0.717, 1.165) is 43.3 Å². The highest BCUT2D eigenvalue weighted by Gasteiger charge is 2.25. The average Bonchev–Trinajstić information content (AvgIpc) is 3.02. The van der Waals surface area contributed by atoms with E-state index in [2.05, 4.69) is 24.5 Å². The van der Waals surface area contributed by atoms with Crippen molar-refractivity contribution in [1.29, 1.82) is 0 Å². The molecule has 3 rings (SSSR count). The van der Waals surface area contributed by atoms with Gasteiger partial charge in [0.1, 0.15) is 25.4 Å². The zero-order valence-electron chi connectivity index (χ0n) is 15.5. The van der Waals surface area contributed by atoms with E-state index in [0.29, 0.717) is 12.2 Å². The standard InChI is InChI=1S/C21H25N3O2/c1-3-23(4-2)13-14-26-21(25)16-9-11-18(12-10-16)24-15-17-7-5-6-8-19(17)20(24)22/h5-12,22H,3-4,13-15H2,1-2H3/p+2. The minimum atomic E-state index is -0.273. The number of likely N-dealkylation sites (N-methyl/N-ethyl adjacent to an activating group) is 1. The van der Waals surface area contributed by atoms with E-state index in [9.17, 15) is 4.79 Å². The van der Waals surface area contributed by atoms with E-state index < -0.39 is 0 Å². The molecule has 0 aliphatic carbocycles. The molecule has 5 nitrogen and oxygen atoms in total. The Kier molecular flexibility index (Phi) is 5.68. The van der Waals surface area contributed by atoms with Crippen molar-refractivity contribution in [2.75, 3.05) is 26.2 Å². The summed E-state index contributed by atoms with van der Waals surface area (Å²) in [6.07, 6.45) is 0. The van der Waals surface area contributed by atoms with Crippen LogP contribution in [-0.4, -0.2) is 42.6 Å². The van der Waals surface area contributed by atoms with Gasteiger partial charge in [-0.3, -0.25) is 5.73 Å². The summed E-state index contributed by atoms with van der Waals surface area (Å²) in [6, 6.07) is 15.6. The molecule has 1 aliphatic rings. The Hall–Kier alpha value is -2.66. The van der Waals surface area contributed by atoms with Crippen molar-refractivity contribution in [2.45, 2.75) is 20.4 Å². The molecule has 0 saturated heterocycles. The lowest BCUT2D eigenvalue weighted by molar-refractivity contribution is -0.896. The Balaban J connectivity index is 1.64. The van der Waals surface area contributed by atoms with E-state index in [-0.39, 0.29) is 5.97 Å². The number of rotatable bonds is 7. The van der Waals surface area contributed by atoms with Crippen LogP contribution in [0.4, 0.5) is 5.69 Å². The number of hydrogen-bond donors (Lipinski definition) is 2. The molecule has 136 valence electrons. The topological polar surface area (TPSA) is 59.8 Å². The van der Waals surface area contributed by atoms with E-state index in [1.54, 1.807) is 12.1 Å². The van der Waals surface area contributed by atoms with Crippen LogP contribution in [0, 0.1) is 0 Å². The Morgan fingerprint density at radius 1 is 1.12 bits per heavy atom. The first-order valence-corrected chi connectivity index (χ1v) is 9.23. The number of hydrogen-bond acceptors (Lipinski definition) is 3. The van der Waals surface area contributed by atoms with Crippen molar-refractivity contribution >= 4 is 17.5 Å². The fourth-order valence-corrected chi connectivity index (χ4v) is 3.29. The molecule has 0 atom stereocenters. The number of fused-ring (bicyclic) bond motifs is 1. The second kappa shape index (κ2) is 8.15. The Morgan fingerprint density at radius 2 is 1.81 bits per heavy atom. The maximum absolute atomic E-state index is 12.2. The van der Waals surface area contributed by atoms with Crippen LogP contribution in [0.15, 0.2) is 48.5 Å². The van der Waals surface area contributed by atoms with Gasteiger partial charge in [0.25, 0.3) is 5.84 Å². The largest absolute Gasteiger partial charge is 0.456 e. The maximum atomic E-state index is 12.2. The normalized spacial score (nSPS) is 13.2. The van der Waals surface area contributed by atoms with Crippen LogP contribution in [0.5, 0.6) is 0 Å². The van der Waals surface area contributed by atoms with Gasteiger partial charge in [-0.15, -0.1) is 0 Å². The van der Waals surface area contributed by atoms with Crippen molar-refractivity contribution in [3.05, 3.63) is 65.2 Å². The molecule has 3 N–H and O–H groups in total. The molecule has 0 spiro atoms. The fraction of sp³-hybridized carbons (Fsp3) is 0.333. The first-order chi connectivity index (χ1) is 12.6. The maximum Gasteiger partial charge on any atom is 0.338 e. The summed E-state index contributed by atoms with van der Waals surface area (Å²) in [4.78, 5) is 13.6. The van der Waals surface area contributed by atoms with Gasteiger partial charge in [0.2, 0.25) is 0 Å². The summed E-state index contributed by atoms with van der Waals surface area (Å²) >= 11 is 0. The summed E-state index contributed by atoms with van der Waals surface area (Å²) < 4.78 is 7.46. The van der Waals surface area contributed by atoms with Crippen LogP contribution in [0.25, 0.3) is 0 Å². The minimum Gasteiger partial charge on any atom is -0.456 e. The number of nitrogens with two attached hydrogens (primary N) is 1. The van der Waals surface area contributed by atoms with Gasteiger partial charge in [0.15, 0.2) is 0 Å². The lowest BCUT2D eigenvalue weighted by Crippen LogP contribution is -3.11. The zero-order valence-corrected chi connectivity index (χ0v) is 15.5. The number of carbonyl (C=O) groups is 1. The predicted octanol–water partition coefficient (Wildman–Crippen LogP) is 1.33. The van der Waals surface area contributed by atoms with Crippen LogP contribution >= 0.6 is 0 Å². The number of esters is 1. The van der Waals surface area contributed by atoms with Gasteiger partial charge in [-0.2, -0.15) is 0 Å². The van der Waals surface area contributed by atoms with E-state index in [1.807, 2.05) is 30.3 Å². The first-order valence-electron chi connectivity index (χ1n) is 9.23. The van der Waals surface area contributed by atoms with Gasteiger partial charge in [0.05, 0.1) is 24.2 Å². The van der Waals surface area contributed by atoms with Gasteiger partial charge in [-0.05, 0) is 44.2 Å². The Morgan fingerprint density at radius 3 is 2.46 bits per heavy atom. The summed E-state index contributed by atoms with van der Waals surface area (Å²) in [6.45, 7) is 8.39. The first kappa shape index (κ1) is 18.1. The number of nitrogens with zero attached hydrogens (tertiary/aromatic N) is 1. The van der Waals surface area contributed by atoms with Gasteiger partial charge < -0.3 is 9.64 Å². The van der Waals surface area contributed by atoms with Crippen LogP contribution in [0.1, 0.15) is 35.3 Å². The molecule has 0 radical (unpaired) electrons. The van der Waals surface area contributed by atoms with Crippen molar-refractivity contribution < 1.29 is 19.0 Å². The number of ether oxygens (including phenoxy) is 1. The number of quaternary nitrogens is 1. The molecule has 0 unspecified atom stereocenters. The molecule has 0 bridgehead atoms. The molecule has 0 aromatic heterocycles. The predicted molar refractivity (Wildman–Crippen MR) is 102 cm³/mol. The molecular weight excluding hydrogens is 326 g/mol. The van der Waals surface area contributed by atoms with Gasteiger partial charge >= 0.3 is 5.97 Å². The van der Waals surface area contributed by atoms with Crippen LogP contribution in [-0.2, 0) is 11.3 Å². The minimum absolute atomic E-state index is 0.273. The van der Waals surface area contributed by atoms with Gasteiger partial charge in [-0.1, -0.05) is 18.2 Å². The molecule has 5 heteroatoms. The number of benzene rings is 2. The number of amidine groups is 1. The smallest absolute Gasteiger partial charge is 0.338 e. The van der Waals surface area contributed by atoms with Crippen LogP contribution < -0.4 is 10.6 Å². The Bertz CT molecular complexity index is 808. The lowest BCUT2D eigenvalue weighted by atomic mass is 10.1. The van der Waals surface area contributed by atoms with Gasteiger partial charge in [0, 0.05) is 5.56 Å². The van der Waals surface area contributed by atoms with Crippen molar-refractivity contribution in [1.82, 2.24) is 0 Å². The highest BCUT2D eigenvalue weighted by molar-refractivity contribution is 5.97. The van der Waals surface area contributed by atoms with Crippen LogP contribution in [0.3, 0.4) is 0 Å². The molecule has 0 fully saturated rings. The van der Waals surface area contributed by atoms with E-state index in [4.69, 9.17) is 10.5 Å². The molecular formula is C21H27N3O2+2. The third-order valence-electron chi connectivity index (χ3n) is 5.02. The molecule has 2 aromatic rings. The summed E-state index contributed by atoms with van der Waals surface area (Å²) in [7, 11) is 0. The molecule has 2 aromatic carbocycles. The summed E-state index contributed by atoms with van der Waals surface area (Å²) in [5.41, 5.74) is 10.1. The van der Waals surface area contributed by atoms with E-state index in [1.165, 1.54) is 10.5 Å². The molecule has 1 aliphatic heterocycles. The number of carbonyl (C=O) groups excluding carboxylic acids is 1. The molecule has 0 amide bonds. The average molecular weight is 353 g/mol. The molecule has 26 heavy (non-hydrogen) atoms. The SMILES string of the molecule is CC[NH+](CC)CCOC(=O)c1ccc([N+]2=C(N)c3ccccc3C2)cc1. The monoisotopic (exact) mass is 353 g/mol. The van der Waals surface area contributed by atoms with Crippen molar-refractivity contribution in [3.8, 4) is 0 Å². The second-order valence-electron chi connectivity index (χ2n) is 6.52. The van der Waals surface area contributed by atoms with E-state index >= 15 is 0 Å².